The topological polar surface area (TPSA) is 58.5 Å². The normalized spacial score (nSPS) is 15.0. The molecule has 0 spiro atoms. The molecular weight excluding hydrogens is 415 g/mol. The van der Waals surface area contributed by atoms with E-state index in [0.29, 0.717) is 12.6 Å². The first kappa shape index (κ1) is 21.0. The van der Waals surface area contributed by atoms with E-state index in [9.17, 15) is 0 Å². The van der Waals surface area contributed by atoms with Crippen LogP contribution in [0.3, 0.4) is 0 Å². The first-order valence-corrected chi connectivity index (χ1v) is 8.88. The number of aliphatic imine (C=N–C) groups is 1. The SMILES string of the molecule is CCCCCNC(=NC)NCc1ccc(OC2CCCC2)nc1.I. The summed E-state index contributed by atoms with van der Waals surface area (Å²) in [5.41, 5.74) is 1.13. The molecule has 0 unspecified atom stereocenters. The Balaban J connectivity index is 0.00000288. The van der Waals surface area contributed by atoms with Crippen LogP contribution in [0.4, 0.5) is 0 Å². The Hall–Kier alpha value is -1.05. The summed E-state index contributed by atoms with van der Waals surface area (Å²) in [6, 6.07) is 4.03. The monoisotopic (exact) mass is 446 g/mol. The van der Waals surface area contributed by atoms with Crippen LogP contribution in [0.25, 0.3) is 0 Å². The minimum Gasteiger partial charge on any atom is -0.474 e. The molecule has 1 aromatic rings. The molecule has 1 aliphatic rings. The van der Waals surface area contributed by atoms with E-state index >= 15 is 0 Å². The van der Waals surface area contributed by atoms with Crippen molar-refractivity contribution in [3.8, 4) is 5.88 Å². The van der Waals surface area contributed by atoms with Crippen LogP contribution in [0.15, 0.2) is 23.3 Å². The number of hydrogen-bond acceptors (Lipinski definition) is 3. The standard InChI is InChI=1S/C18H30N4O.HI/c1-3-4-7-12-20-18(19-2)22-14-15-10-11-17(21-13-15)23-16-8-5-6-9-16;/h10-11,13,16H,3-9,12,14H2,1-2H3,(H2,19,20,22);1H. The van der Waals surface area contributed by atoms with Gasteiger partial charge < -0.3 is 15.4 Å². The van der Waals surface area contributed by atoms with Gasteiger partial charge in [-0.05, 0) is 37.7 Å². The van der Waals surface area contributed by atoms with Crippen LogP contribution in [0.2, 0.25) is 0 Å². The maximum absolute atomic E-state index is 5.89. The van der Waals surface area contributed by atoms with E-state index in [0.717, 1.165) is 36.8 Å². The fraction of sp³-hybridized carbons (Fsp3) is 0.667. The zero-order valence-corrected chi connectivity index (χ0v) is 17.2. The molecule has 1 heterocycles. The summed E-state index contributed by atoms with van der Waals surface area (Å²) in [6.45, 7) is 3.88. The number of nitrogens with zero attached hydrogens (tertiary/aromatic N) is 2. The highest BCUT2D eigenvalue weighted by molar-refractivity contribution is 14.0. The maximum Gasteiger partial charge on any atom is 0.213 e. The maximum atomic E-state index is 5.89. The molecule has 1 saturated carbocycles. The molecule has 0 radical (unpaired) electrons. The molecule has 0 saturated heterocycles. The van der Waals surface area contributed by atoms with Crippen molar-refractivity contribution < 1.29 is 4.74 Å². The van der Waals surface area contributed by atoms with Crippen molar-refractivity contribution in [2.24, 2.45) is 4.99 Å². The molecular formula is C18H31IN4O. The molecule has 0 aliphatic heterocycles. The number of ether oxygens (including phenoxy) is 1. The van der Waals surface area contributed by atoms with Crippen LogP contribution in [0, 0.1) is 0 Å². The molecule has 6 heteroatoms. The summed E-state index contributed by atoms with van der Waals surface area (Å²) < 4.78 is 5.89. The van der Waals surface area contributed by atoms with Crippen molar-refractivity contribution in [1.82, 2.24) is 15.6 Å². The molecule has 0 amide bonds. The fourth-order valence-electron chi connectivity index (χ4n) is 2.75. The number of aromatic nitrogens is 1. The van der Waals surface area contributed by atoms with Crippen LogP contribution in [-0.4, -0.2) is 30.6 Å². The Morgan fingerprint density at radius 2 is 2.04 bits per heavy atom. The van der Waals surface area contributed by atoms with E-state index in [2.05, 4.69) is 33.6 Å². The Kier molecular flexibility index (Phi) is 10.8. The number of pyridine rings is 1. The number of nitrogens with one attached hydrogen (secondary N) is 2. The predicted molar refractivity (Wildman–Crippen MR) is 110 cm³/mol. The minimum absolute atomic E-state index is 0. The molecule has 136 valence electrons. The average Bonchev–Trinajstić information content (AvgIpc) is 3.08. The molecule has 2 rings (SSSR count). The minimum atomic E-state index is 0. The van der Waals surface area contributed by atoms with Gasteiger partial charge in [-0.3, -0.25) is 4.99 Å². The van der Waals surface area contributed by atoms with Crippen LogP contribution in [0.5, 0.6) is 5.88 Å². The highest BCUT2D eigenvalue weighted by atomic mass is 127. The summed E-state index contributed by atoms with van der Waals surface area (Å²) in [7, 11) is 1.80. The third-order valence-corrected chi connectivity index (χ3v) is 4.14. The summed E-state index contributed by atoms with van der Waals surface area (Å²) in [5.74, 6) is 1.58. The van der Waals surface area contributed by atoms with Crippen molar-refractivity contribution in [3.05, 3.63) is 23.9 Å². The highest BCUT2D eigenvalue weighted by Crippen LogP contribution is 2.22. The summed E-state index contributed by atoms with van der Waals surface area (Å²) >= 11 is 0. The third-order valence-electron chi connectivity index (χ3n) is 4.14. The second kappa shape index (κ2) is 12.3. The lowest BCUT2D eigenvalue weighted by Crippen LogP contribution is -2.37. The molecule has 24 heavy (non-hydrogen) atoms. The molecule has 0 bridgehead atoms. The number of unbranched alkanes of at least 4 members (excludes halogenated alkanes) is 2. The first-order chi connectivity index (χ1) is 11.3. The van der Waals surface area contributed by atoms with Gasteiger partial charge in [-0.15, -0.1) is 24.0 Å². The summed E-state index contributed by atoms with van der Waals surface area (Å²) in [5, 5.41) is 6.64. The lowest BCUT2D eigenvalue weighted by atomic mass is 10.2. The van der Waals surface area contributed by atoms with Gasteiger partial charge in [0, 0.05) is 32.4 Å². The quantitative estimate of drug-likeness (QED) is 0.276. The van der Waals surface area contributed by atoms with Gasteiger partial charge in [0.2, 0.25) is 5.88 Å². The van der Waals surface area contributed by atoms with E-state index in [1.807, 2.05) is 12.3 Å². The zero-order chi connectivity index (χ0) is 16.3. The van der Waals surface area contributed by atoms with Crippen molar-refractivity contribution in [2.75, 3.05) is 13.6 Å². The summed E-state index contributed by atoms with van der Waals surface area (Å²) in [4.78, 5) is 8.65. The summed E-state index contributed by atoms with van der Waals surface area (Å²) in [6.07, 6.45) is 10.8. The predicted octanol–water partition coefficient (Wildman–Crippen LogP) is 3.88. The van der Waals surface area contributed by atoms with Gasteiger partial charge >= 0.3 is 0 Å². The van der Waals surface area contributed by atoms with E-state index < -0.39 is 0 Å². The molecule has 0 aromatic carbocycles. The van der Waals surface area contributed by atoms with Gasteiger partial charge in [0.05, 0.1) is 0 Å². The van der Waals surface area contributed by atoms with Gasteiger partial charge in [0.1, 0.15) is 6.10 Å². The fourth-order valence-corrected chi connectivity index (χ4v) is 2.75. The molecule has 5 nitrogen and oxygen atoms in total. The lowest BCUT2D eigenvalue weighted by Gasteiger charge is -2.13. The molecule has 1 aromatic heterocycles. The van der Waals surface area contributed by atoms with Gasteiger partial charge in [-0.2, -0.15) is 0 Å². The number of hydrogen-bond donors (Lipinski definition) is 2. The Labute approximate surface area is 163 Å². The Morgan fingerprint density at radius 1 is 1.25 bits per heavy atom. The van der Waals surface area contributed by atoms with Crippen molar-refractivity contribution >= 4 is 29.9 Å². The number of halogens is 1. The average molecular weight is 446 g/mol. The first-order valence-electron chi connectivity index (χ1n) is 8.88. The molecule has 2 N–H and O–H groups in total. The van der Waals surface area contributed by atoms with E-state index in [4.69, 9.17) is 4.74 Å². The Bertz CT molecular complexity index is 472. The van der Waals surface area contributed by atoms with Crippen LogP contribution < -0.4 is 15.4 Å². The van der Waals surface area contributed by atoms with Gasteiger partial charge in [0.15, 0.2) is 5.96 Å². The van der Waals surface area contributed by atoms with Gasteiger partial charge in [-0.1, -0.05) is 25.8 Å². The number of rotatable bonds is 8. The lowest BCUT2D eigenvalue weighted by molar-refractivity contribution is 0.201. The Morgan fingerprint density at radius 3 is 2.67 bits per heavy atom. The second-order valence-electron chi connectivity index (χ2n) is 6.09. The van der Waals surface area contributed by atoms with Crippen molar-refractivity contribution in [2.45, 2.75) is 64.5 Å². The number of guanidine groups is 1. The van der Waals surface area contributed by atoms with Crippen molar-refractivity contribution in [3.63, 3.8) is 0 Å². The third kappa shape index (κ3) is 7.68. The largest absolute Gasteiger partial charge is 0.474 e. The van der Waals surface area contributed by atoms with Crippen LogP contribution in [0.1, 0.15) is 57.4 Å². The zero-order valence-electron chi connectivity index (χ0n) is 14.9. The second-order valence-corrected chi connectivity index (χ2v) is 6.09. The van der Waals surface area contributed by atoms with E-state index in [1.165, 1.54) is 32.1 Å². The van der Waals surface area contributed by atoms with E-state index in [1.54, 1.807) is 7.05 Å². The van der Waals surface area contributed by atoms with Crippen LogP contribution >= 0.6 is 24.0 Å². The van der Waals surface area contributed by atoms with Crippen LogP contribution in [-0.2, 0) is 6.54 Å². The smallest absolute Gasteiger partial charge is 0.213 e. The molecule has 1 fully saturated rings. The van der Waals surface area contributed by atoms with Crippen molar-refractivity contribution in [1.29, 1.82) is 0 Å². The van der Waals surface area contributed by atoms with E-state index in [-0.39, 0.29) is 24.0 Å². The van der Waals surface area contributed by atoms with Gasteiger partial charge in [-0.25, -0.2) is 4.98 Å². The van der Waals surface area contributed by atoms with Gasteiger partial charge in [0.25, 0.3) is 0 Å². The molecule has 0 atom stereocenters. The molecule has 1 aliphatic carbocycles. The highest BCUT2D eigenvalue weighted by Gasteiger charge is 2.16.